The summed E-state index contributed by atoms with van der Waals surface area (Å²) in [5.74, 6) is -0.225. The van der Waals surface area contributed by atoms with Gasteiger partial charge in [0.2, 0.25) is 0 Å². The molecule has 36 heavy (non-hydrogen) atoms. The van der Waals surface area contributed by atoms with Crippen molar-refractivity contribution in [2.75, 3.05) is 43.7 Å². The van der Waals surface area contributed by atoms with Gasteiger partial charge in [0.1, 0.15) is 12.3 Å². The molecule has 0 saturated heterocycles. The van der Waals surface area contributed by atoms with Gasteiger partial charge in [0, 0.05) is 63.2 Å². The number of hydrogen-bond acceptors (Lipinski definition) is 6. The van der Waals surface area contributed by atoms with Gasteiger partial charge in [0.15, 0.2) is 12.4 Å². The van der Waals surface area contributed by atoms with Gasteiger partial charge in [-0.25, -0.2) is 4.57 Å². The van der Waals surface area contributed by atoms with Crippen molar-refractivity contribution in [2.24, 2.45) is 10.2 Å². The van der Waals surface area contributed by atoms with Crippen LogP contribution in [0.1, 0.15) is 29.5 Å². The van der Waals surface area contributed by atoms with Crippen LogP contribution in [0.25, 0.3) is 0 Å². The highest BCUT2D eigenvalue weighted by Gasteiger charge is 2.10. The summed E-state index contributed by atoms with van der Waals surface area (Å²) in [6.45, 7) is 0.641. The van der Waals surface area contributed by atoms with Crippen molar-refractivity contribution in [3.05, 3.63) is 89.7 Å². The molecular formula is C27H34N5O3S+. The second kappa shape index (κ2) is 12.4. The lowest BCUT2D eigenvalue weighted by Gasteiger charge is -2.15. The molecule has 0 spiro atoms. The molecule has 0 unspecified atom stereocenters. The third-order valence-electron chi connectivity index (χ3n) is 5.63. The molecule has 0 aliphatic heterocycles. The van der Waals surface area contributed by atoms with Gasteiger partial charge in [-0.2, -0.15) is 13.5 Å². The molecular weight excluding hydrogens is 474 g/mol. The highest BCUT2D eigenvalue weighted by atomic mass is 32.2. The molecule has 0 amide bonds. The molecule has 9 heteroatoms. The Morgan fingerprint density at radius 1 is 0.889 bits per heavy atom. The summed E-state index contributed by atoms with van der Waals surface area (Å²) in [5.41, 5.74) is 5.80. The first-order chi connectivity index (χ1) is 17.1. The molecule has 0 aliphatic rings. The van der Waals surface area contributed by atoms with Crippen LogP contribution in [0.3, 0.4) is 0 Å². The number of pyridine rings is 1. The molecule has 0 bridgehead atoms. The lowest BCUT2D eigenvalue weighted by molar-refractivity contribution is -0.697. The summed E-state index contributed by atoms with van der Waals surface area (Å²) in [7, 11) is 4.12. The standard InChI is InChI=1S/C27H33N5O3S/c1-30(2)25-13-9-23(10-14-25)27(24-11-15-26(16-12-24)31(3)4)29-28-20-22-8-7-18-32(21-22)17-5-6-19-36(33,34)35/h7-16,18,20-21H,5-6,17,19H2,1-4H3/p+1. The molecule has 1 N–H and O–H groups in total. The first-order valence-electron chi connectivity index (χ1n) is 11.7. The normalized spacial score (nSPS) is 11.5. The Labute approximate surface area is 214 Å². The third kappa shape index (κ3) is 8.28. The Morgan fingerprint density at radius 2 is 1.44 bits per heavy atom. The number of rotatable bonds is 11. The van der Waals surface area contributed by atoms with Gasteiger partial charge in [0.05, 0.1) is 17.5 Å². The summed E-state index contributed by atoms with van der Waals surface area (Å²) in [6, 6.07) is 20.3. The van der Waals surface area contributed by atoms with Crippen LogP contribution in [0.5, 0.6) is 0 Å². The topological polar surface area (TPSA) is 89.4 Å². The Kier molecular flexibility index (Phi) is 9.32. The smallest absolute Gasteiger partial charge is 0.264 e. The van der Waals surface area contributed by atoms with Gasteiger partial charge in [0.25, 0.3) is 10.1 Å². The molecule has 8 nitrogen and oxygen atoms in total. The first-order valence-corrected chi connectivity index (χ1v) is 13.3. The Hall–Kier alpha value is -3.56. The lowest BCUT2D eigenvalue weighted by atomic mass is 10.0. The van der Waals surface area contributed by atoms with Crippen molar-refractivity contribution in [1.29, 1.82) is 0 Å². The highest BCUT2D eigenvalue weighted by molar-refractivity contribution is 7.85. The van der Waals surface area contributed by atoms with Crippen molar-refractivity contribution in [1.82, 2.24) is 0 Å². The first kappa shape index (κ1) is 27.0. The molecule has 3 rings (SSSR count). The molecule has 0 radical (unpaired) electrons. The van der Waals surface area contributed by atoms with E-state index in [4.69, 9.17) is 4.55 Å². The summed E-state index contributed by atoms with van der Waals surface area (Å²) >= 11 is 0. The van der Waals surface area contributed by atoms with Crippen LogP contribution in [0.15, 0.2) is 83.3 Å². The second-order valence-corrected chi connectivity index (χ2v) is 10.5. The van der Waals surface area contributed by atoms with Crippen molar-refractivity contribution in [3.8, 4) is 0 Å². The molecule has 190 valence electrons. The van der Waals surface area contributed by atoms with E-state index in [0.29, 0.717) is 19.4 Å². The van der Waals surface area contributed by atoms with Gasteiger partial charge in [-0.3, -0.25) is 4.55 Å². The zero-order valence-electron chi connectivity index (χ0n) is 21.2. The van der Waals surface area contributed by atoms with Crippen LogP contribution < -0.4 is 14.4 Å². The van der Waals surface area contributed by atoms with Gasteiger partial charge >= 0.3 is 0 Å². The number of nitrogens with zero attached hydrogens (tertiary/aromatic N) is 5. The maximum Gasteiger partial charge on any atom is 0.264 e. The van der Waals surface area contributed by atoms with Crippen LogP contribution in [0.4, 0.5) is 11.4 Å². The second-order valence-electron chi connectivity index (χ2n) is 8.94. The zero-order valence-corrected chi connectivity index (χ0v) is 22.1. The van der Waals surface area contributed by atoms with E-state index in [1.807, 2.05) is 81.5 Å². The number of hydrogen-bond donors (Lipinski definition) is 1. The minimum atomic E-state index is -3.92. The van der Waals surface area contributed by atoms with E-state index in [1.54, 1.807) is 6.21 Å². The SMILES string of the molecule is CN(C)c1ccc(C(=NN=Cc2ccc[n+](CCCCS(=O)(=O)O)c2)c2ccc(N(C)C)cc2)cc1. The summed E-state index contributed by atoms with van der Waals surface area (Å²) < 4.78 is 32.6. The number of benzene rings is 2. The third-order valence-corrected chi connectivity index (χ3v) is 6.43. The van der Waals surface area contributed by atoms with Crippen LogP contribution in [-0.4, -0.2) is 58.8 Å². The molecule has 0 fully saturated rings. The summed E-state index contributed by atoms with van der Waals surface area (Å²) in [6.07, 6.45) is 6.59. The summed E-state index contributed by atoms with van der Waals surface area (Å²) in [5, 5.41) is 8.99. The lowest BCUT2D eigenvalue weighted by Crippen LogP contribution is -2.33. The van der Waals surface area contributed by atoms with Crippen molar-refractivity contribution in [2.45, 2.75) is 19.4 Å². The maximum absolute atomic E-state index is 10.9. The zero-order chi connectivity index (χ0) is 26.1. The van der Waals surface area contributed by atoms with Crippen LogP contribution in [0.2, 0.25) is 0 Å². The fourth-order valence-electron chi connectivity index (χ4n) is 3.61. The highest BCUT2D eigenvalue weighted by Crippen LogP contribution is 2.19. The monoisotopic (exact) mass is 508 g/mol. The maximum atomic E-state index is 10.9. The Bertz CT molecular complexity index is 1250. The van der Waals surface area contributed by atoms with Crippen LogP contribution in [0, 0.1) is 0 Å². The van der Waals surface area contributed by atoms with E-state index in [-0.39, 0.29) is 5.75 Å². The minimum Gasteiger partial charge on any atom is -0.378 e. The molecule has 0 aliphatic carbocycles. The number of unbranched alkanes of at least 4 members (excludes halogenated alkanes) is 1. The van der Waals surface area contributed by atoms with Crippen molar-refractivity contribution < 1.29 is 17.5 Å². The van der Waals surface area contributed by atoms with E-state index in [9.17, 15) is 8.42 Å². The Morgan fingerprint density at radius 3 is 1.94 bits per heavy atom. The Balaban J connectivity index is 1.82. The number of aromatic nitrogens is 1. The quantitative estimate of drug-likeness (QED) is 0.140. The van der Waals surface area contributed by atoms with E-state index < -0.39 is 10.1 Å². The minimum absolute atomic E-state index is 0.225. The fourth-order valence-corrected chi connectivity index (χ4v) is 4.18. The largest absolute Gasteiger partial charge is 0.378 e. The van der Waals surface area contributed by atoms with Crippen LogP contribution in [-0.2, 0) is 16.7 Å². The summed E-state index contributed by atoms with van der Waals surface area (Å²) in [4.78, 5) is 4.11. The molecule has 2 aromatic carbocycles. The van der Waals surface area contributed by atoms with Gasteiger partial charge in [-0.15, -0.1) is 5.10 Å². The number of aryl methyl sites for hydroxylation is 1. The molecule has 0 atom stereocenters. The molecule has 1 aromatic heterocycles. The van der Waals surface area contributed by atoms with Crippen molar-refractivity contribution >= 4 is 33.4 Å². The van der Waals surface area contributed by atoms with Gasteiger partial charge in [-0.05, 0) is 36.8 Å². The molecule has 1 heterocycles. The molecule has 3 aromatic rings. The average Bonchev–Trinajstić information content (AvgIpc) is 2.84. The average molecular weight is 509 g/mol. The number of anilines is 2. The van der Waals surface area contributed by atoms with E-state index in [1.165, 1.54) is 0 Å². The predicted octanol–water partition coefficient (Wildman–Crippen LogP) is 3.65. The van der Waals surface area contributed by atoms with E-state index in [0.717, 1.165) is 33.8 Å². The fraction of sp³-hybridized carbons (Fsp3) is 0.296. The predicted molar refractivity (Wildman–Crippen MR) is 147 cm³/mol. The van der Waals surface area contributed by atoms with E-state index >= 15 is 0 Å². The van der Waals surface area contributed by atoms with Crippen molar-refractivity contribution in [3.63, 3.8) is 0 Å². The molecule has 0 saturated carbocycles. The van der Waals surface area contributed by atoms with Gasteiger partial charge in [-0.1, -0.05) is 24.3 Å². The van der Waals surface area contributed by atoms with E-state index in [2.05, 4.69) is 44.3 Å². The van der Waals surface area contributed by atoms with Gasteiger partial charge < -0.3 is 9.80 Å². The van der Waals surface area contributed by atoms with Crippen LogP contribution >= 0.6 is 0 Å².